The minimum atomic E-state index is 0.446. The first-order valence-corrected chi connectivity index (χ1v) is 8.73. The fraction of sp³-hybridized carbons (Fsp3) is 0.467. The van der Waals surface area contributed by atoms with Gasteiger partial charge in [-0.15, -0.1) is 0 Å². The van der Waals surface area contributed by atoms with Gasteiger partial charge in [0.1, 0.15) is 5.01 Å². The maximum Gasteiger partial charge on any atom is 0.203 e. The number of aryl methyl sites for hydroxylation is 1. The molecule has 0 bridgehead atoms. The van der Waals surface area contributed by atoms with Crippen molar-refractivity contribution in [1.29, 1.82) is 0 Å². The normalized spacial score (nSPS) is 17.4. The Bertz CT molecular complexity index is 679. The molecule has 0 saturated heterocycles. The van der Waals surface area contributed by atoms with Crippen molar-refractivity contribution in [3.8, 4) is 10.6 Å². The van der Waals surface area contributed by atoms with Gasteiger partial charge >= 0.3 is 0 Å². The summed E-state index contributed by atoms with van der Waals surface area (Å²) >= 11 is 13.7. The first-order chi connectivity index (χ1) is 10.1. The second kappa shape index (κ2) is 6.51. The highest BCUT2D eigenvalue weighted by Gasteiger charge is 2.13. The number of hydrogen-bond acceptors (Lipinski definition) is 3. The van der Waals surface area contributed by atoms with Crippen molar-refractivity contribution in [1.82, 2.24) is 9.78 Å². The zero-order valence-corrected chi connectivity index (χ0v) is 14.2. The van der Waals surface area contributed by atoms with Gasteiger partial charge in [0.2, 0.25) is 4.80 Å². The van der Waals surface area contributed by atoms with E-state index in [1.807, 2.05) is 23.9 Å². The molecule has 3 rings (SSSR count). The van der Waals surface area contributed by atoms with Crippen molar-refractivity contribution < 1.29 is 0 Å². The van der Waals surface area contributed by atoms with Crippen LogP contribution >= 0.6 is 34.5 Å². The lowest BCUT2D eigenvalue weighted by atomic mass is 9.96. The van der Waals surface area contributed by atoms with Crippen LogP contribution < -0.4 is 4.80 Å². The average molecular weight is 342 g/mol. The van der Waals surface area contributed by atoms with Crippen molar-refractivity contribution in [2.45, 2.75) is 38.1 Å². The third-order valence-electron chi connectivity index (χ3n) is 3.68. The summed E-state index contributed by atoms with van der Waals surface area (Å²) < 4.78 is 1.85. The first kappa shape index (κ1) is 15.1. The summed E-state index contributed by atoms with van der Waals surface area (Å²) in [6, 6.07) is 5.95. The van der Waals surface area contributed by atoms with Gasteiger partial charge in [-0.25, -0.2) is 4.68 Å². The second-order valence-electron chi connectivity index (χ2n) is 5.39. The van der Waals surface area contributed by atoms with Gasteiger partial charge in [0.05, 0.1) is 6.04 Å². The number of nitrogens with zero attached hydrogens (tertiary/aromatic N) is 3. The molecule has 0 spiro atoms. The minimum absolute atomic E-state index is 0.446. The van der Waals surface area contributed by atoms with Crippen LogP contribution in [0.4, 0.5) is 0 Å². The molecule has 3 nitrogen and oxygen atoms in total. The fourth-order valence-electron chi connectivity index (χ4n) is 2.62. The highest BCUT2D eigenvalue weighted by Crippen LogP contribution is 2.27. The van der Waals surface area contributed by atoms with E-state index in [1.54, 1.807) is 17.4 Å². The van der Waals surface area contributed by atoms with Crippen molar-refractivity contribution in [2.75, 3.05) is 0 Å². The number of rotatable bonds is 2. The highest BCUT2D eigenvalue weighted by molar-refractivity contribution is 7.12. The van der Waals surface area contributed by atoms with Crippen LogP contribution in [0.25, 0.3) is 10.6 Å². The quantitative estimate of drug-likeness (QED) is 0.779. The molecule has 0 atom stereocenters. The molecule has 0 N–H and O–H groups in total. The molecule has 21 heavy (non-hydrogen) atoms. The Morgan fingerprint density at radius 2 is 1.81 bits per heavy atom. The van der Waals surface area contributed by atoms with Crippen LogP contribution in [0.2, 0.25) is 10.0 Å². The van der Waals surface area contributed by atoms with E-state index in [0.29, 0.717) is 16.1 Å². The Hall–Kier alpha value is -0.840. The molecule has 2 aromatic rings. The molecule has 1 aliphatic carbocycles. The van der Waals surface area contributed by atoms with Gasteiger partial charge in [-0.3, -0.25) is 4.99 Å². The van der Waals surface area contributed by atoms with Crippen molar-refractivity contribution in [3.63, 3.8) is 0 Å². The number of halogens is 2. The molecule has 1 aliphatic rings. The Morgan fingerprint density at radius 3 is 2.48 bits per heavy atom. The summed E-state index contributed by atoms with van der Waals surface area (Å²) in [5.41, 5.74) is 0.943. The second-order valence-corrected chi connectivity index (χ2v) is 7.22. The average Bonchev–Trinajstić information content (AvgIpc) is 2.80. The zero-order chi connectivity index (χ0) is 14.8. The van der Waals surface area contributed by atoms with E-state index < -0.39 is 0 Å². The topological polar surface area (TPSA) is 30.2 Å². The molecule has 1 aromatic heterocycles. The van der Waals surface area contributed by atoms with Crippen LogP contribution in [0.3, 0.4) is 0 Å². The molecule has 1 aromatic carbocycles. The molecular formula is C15H17Cl2N3S. The fourth-order valence-corrected chi connectivity index (χ4v) is 4.09. The van der Waals surface area contributed by atoms with Crippen LogP contribution in [0, 0.1) is 0 Å². The van der Waals surface area contributed by atoms with Crippen molar-refractivity contribution in [2.24, 2.45) is 12.0 Å². The summed E-state index contributed by atoms with van der Waals surface area (Å²) in [6.45, 7) is 0. The molecule has 0 radical (unpaired) electrons. The Balaban J connectivity index is 1.95. The van der Waals surface area contributed by atoms with Crippen LogP contribution in [0.15, 0.2) is 23.2 Å². The molecule has 0 amide bonds. The van der Waals surface area contributed by atoms with Crippen molar-refractivity contribution in [3.05, 3.63) is 33.0 Å². The van der Waals surface area contributed by atoms with E-state index in [-0.39, 0.29) is 0 Å². The molecule has 112 valence electrons. The van der Waals surface area contributed by atoms with Gasteiger partial charge < -0.3 is 0 Å². The van der Waals surface area contributed by atoms with E-state index in [9.17, 15) is 0 Å². The standard InChI is InChI=1S/C15H17Cl2N3S/c1-20-15(18-13-5-3-2-4-6-13)21-14(19-20)10-7-11(16)9-12(17)8-10/h7-9,13H,2-6H2,1H3. The van der Waals surface area contributed by atoms with Gasteiger partial charge in [0, 0.05) is 22.7 Å². The summed E-state index contributed by atoms with van der Waals surface area (Å²) in [5.74, 6) is 0. The number of hydrogen-bond donors (Lipinski definition) is 0. The van der Waals surface area contributed by atoms with E-state index >= 15 is 0 Å². The molecular weight excluding hydrogens is 325 g/mol. The smallest absolute Gasteiger partial charge is 0.203 e. The van der Waals surface area contributed by atoms with E-state index in [4.69, 9.17) is 28.2 Å². The van der Waals surface area contributed by atoms with Crippen LogP contribution in [0.5, 0.6) is 0 Å². The summed E-state index contributed by atoms with van der Waals surface area (Å²) in [5, 5.41) is 6.70. The predicted octanol–water partition coefficient (Wildman–Crippen LogP) is 4.69. The number of aromatic nitrogens is 2. The highest BCUT2D eigenvalue weighted by atomic mass is 35.5. The van der Waals surface area contributed by atoms with Crippen LogP contribution in [0.1, 0.15) is 32.1 Å². The molecule has 0 aliphatic heterocycles. The van der Waals surface area contributed by atoms with Gasteiger partial charge in [0.15, 0.2) is 0 Å². The largest absolute Gasteiger partial charge is 0.254 e. The Kier molecular flexibility index (Phi) is 4.67. The molecule has 6 heteroatoms. The summed E-state index contributed by atoms with van der Waals surface area (Å²) in [7, 11) is 1.94. The third-order valence-corrected chi connectivity index (χ3v) is 5.18. The maximum absolute atomic E-state index is 6.06. The minimum Gasteiger partial charge on any atom is -0.254 e. The maximum atomic E-state index is 6.06. The lowest BCUT2D eigenvalue weighted by Gasteiger charge is -2.16. The van der Waals surface area contributed by atoms with E-state index in [2.05, 4.69) is 5.10 Å². The monoisotopic (exact) mass is 341 g/mol. The third kappa shape index (κ3) is 3.68. The Morgan fingerprint density at radius 1 is 1.14 bits per heavy atom. The first-order valence-electron chi connectivity index (χ1n) is 7.16. The van der Waals surface area contributed by atoms with Gasteiger partial charge in [-0.05, 0) is 31.0 Å². The molecule has 0 unspecified atom stereocenters. The van der Waals surface area contributed by atoms with Gasteiger partial charge in [0.25, 0.3) is 0 Å². The molecule has 1 heterocycles. The molecule has 1 saturated carbocycles. The number of benzene rings is 1. The van der Waals surface area contributed by atoms with Crippen molar-refractivity contribution >= 4 is 34.5 Å². The Labute approximate surface area is 138 Å². The summed E-state index contributed by atoms with van der Waals surface area (Å²) in [6.07, 6.45) is 6.29. The van der Waals surface area contributed by atoms with E-state index in [1.165, 1.54) is 32.1 Å². The zero-order valence-electron chi connectivity index (χ0n) is 11.9. The predicted molar refractivity (Wildman–Crippen MR) is 89.0 cm³/mol. The lowest BCUT2D eigenvalue weighted by Crippen LogP contribution is -2.18. The summed E-state index contributed by atoms with van der Waals surface area (Å²) in [4.78, 5) is 5.83. The van der Waals surface area contributed by atoms with Crippen LogP contribution in [-0.4, -0.2) is 15.8 Å². The lowest BCUT2D eigenvalue weighted by molar-refractivity contribution is 0.434. The van der Waals surface area contributed by atoms with Gasteiger partial charge in [-0.2, -0.15) is 5.10 Å². The van der Waals surface area contributed by atoms with Crippen LogP contribution in [-0.2, 0) is 7.05 Å². The van der Waals surface area contributed by atoms with Gasteiger partial charge in [-0.1, -0.05) is 53.8 Å². The van der Waals surface area contributed by atoms with E-state index in [0.717, 1.165) is 15.4 Å². The molecule has 1 fully saturated rings. The SMILES string of the molecule is Cn1nc(-c2cc(Cl)cc(Cl)c2)sc1=NC1CCCCC1.